The third kappa shape index (κ3) is 3.31. The Balaban J connectivity index is 1.33. The van der Waals surface area contributed by atoms with E-state index in [1.165, 1.54) is 9.71 Å². The van der Waals surface area contributed by atoms with Gasteiger partial charge in [-0.3, -0.25) is 4.79 Å². The lowest BCUT2D eigenvalue weighted by Crippen LogP contribution is -2.38. The molecule has 2 aromatic carbocycles. The van der Waals surface area contributed by atoms with Gasteiger partial charge in [0.1, 0.15) is 0 Å². The van der Waals surface area contributed by atoms with Gasteiger partial charge in [0.25, 0.3) is 5.91 Å². The highest BCUT2D eigenvalue weighted by Crippen LogP contribution is 2.34. The third-order valence-electron chi connectivity index (χ3n) is 5.95. The molecule has 5 nitrogen and oxygen atoms in total. The van der Waals surface area contributed by atoms with Crippen molar-refractivity contribution in [1.29, 1.82) is 0 Å². The Morgan fingerprint density at radius 2 is 1.70 bits per heavy atom. The molecule has 1 aliphatic heterocycles. The Morgan fingerprint density at radius 1 is 1.00 bits per heavy atom. The molecule has 5 rings (SSSR count). The van der Waals surface area contributed by atoms with Crippen molar-refractivity contribution in [1.82, 2.24) is 19.7 Å². The number of thiazole rings is 1. The Hall–Kier alpha value is -2.99. The molecule has 0 atom stereocenters. The Kier molecular flexibility index (Phi) is 4.87. The van der Waals surface area contributed by atoms with E-state index in [1.807, 2.05) is 59.8 Å². The summed E-state index contributed by atoms with van der Waals surface area (Å²) in [5, 5.41) is 5.85. The molecule has 0 bridgehead atoms. The number of hydrogen-bond acceptors (Lipinski definition) is 4. The van der Waals surface area contributed by atoms with Gasteiger partial charge in [0.15, 0.2) is 0 Å². The Bertz CT molecular complexity index is 1170. The SMILES string of the molecule is Cc1nn(-c2ccccc2)c(C)c1C(=O)N1CCC(c2nc3ccccc3s2)CC1. The molecule has 4 aromatic rings. The van der Waals surface area contributed by atoms with Crippen LogP contribution in [-0.4, -0.2) is 38.7 Å². The lowest BCUT2D eigenvalue weighted by molar-refractivity contribution is 0.0711. The van der Waals surface area contributed by atoms with Crippen LogP contribution in [0.15, 0.2) is 54.6 Å². The van der Waals surface area contributed by atoms with Gasteiger partial charge in [-0.1, -0.05) is 30.3 Å². The number of benzene rings is 2. The number of para-hydroxylation sites is 2. The smallest absolute Gasteiger partial charge is 0.257 e. The first-order chi connectivity index (χ1) is 14.6. The average molecular weight is 417 g/mol. The molecule has 2 aromatic heterocycles. The summed E-state index contributed by atoms with van der Waals surface area (Å²) in [7, 11) is 0. The van der Waals surface area contributed by atoms with Gasteiger partial charge in [0, 0.05) is 19.0 Å². The Labute approximate surface area is 180 Å². The van der Waals surface area contributed by atoms with Crippen molar-refractivity contribution in [3.05, 3.63) is 76.6 Å². The van der Waals surface area contributed by atoms with Gasteiger partial charge >= 0.3 is 0 Å². The zero-order valence-electron chi connectivity index (χ0n) is 17.2. The number of fused-ring (bicyclic) bond motifs is 1. The summed E-state index contributed by atoms with van der Waals surface area (Å²) in [6.45, 7) is 5.42. The van der Waals surface area contributed by atoms with Gasteiger partial charge < -0.3 is 4.90 Å². The number of rotatable bonds is 3. The van der Waals surface area contributed by atoms with E-state index < -0.39 is 0 Å². The highest BCUT2D eigenvalue weighted by atomic mass is 32.1. The quantitative estimate of drug-likeness (QED) is 0.466. The second kappa shape index (κ2) is 7.69. The summed E-state index contributed by atoms with van der Waals surface area (Å²) in [5.41, 5.74) is 4.48. The fourth-order valence-corrected chi connectivity index (χ4v) is 5.46. The van der Waals surface area contributed by atoms with Crippen molar-refractivity contribution in [2.75, 3.05) is 13.1 Å². The lowest BCUT2D eigenvalue weighted by Gasteiger charge is -2.31. The average Bonchev–Trinajstić information content (AvgIpc) is 3.34. The topological polar surface area (TPSA) is 51.0 Å². The molecule has 152 valence electrons. The highest BCUT2D eigenvalue weighted by Gasteiger charge is 2.29. The molecule has 1 saturated heterocycles. The van der Waals surface area contributed by atoms with Crippen molar-refractivity contribution in [3.8, 4) is 5.69 Å². The molecule has 1 aliphatic rings. The van der Waals surface area contributed by atoms with Gasteiger partial charge in [0.05, 0.1) is 37.9 Å². The molecule has 30 heavy (non-hydrogen) atoms. The standard InChI is InChI=1S/C24H24N4OS/c1-16-22(17(2)28(26-16)19-8-4-3-5-9-19)24(29)27-14-12-18(13-15-27)23-25-20-10-6-7-11-21(20)30-23/h3-11,18H,12-15H2,1-2H3. The molecule has 6 heteroatoms. The minimum absolute atomic E-state index is 0.0925. The molecule has 1 fully saturated rings. The number of carbonyl (C=O) groups excluding carboxylic acids is 1. The first kappa shape index (κ1) is 19.0. The van der Waals surface area contributed by atoms with Crippen molar-refractivity contribution >= 4 is 27.5 Å². The minimum atomic E-state index is 0.0925. The number of aromatic nitrogens is 3. The van der Waals surface area contributed by atoms with Crippen molar-refractivity contribution in [2.45, 2.75) is 32.6 Å². The molecule has 0 radical (unpaired) electrons. The molecule has 0 unspecified atom stereocenters. The molecule has 1 amide bonds. The summed E-state index contributed by atoms with van der Waals surface area (Å²) in [6.07, 6.45) is 1.91. The molecule has 3 heterocycles. The molecular weight excluding hydrogens is 392 g/mol. The normalized spacial score (nSPS) is 15.1. The van der Waals surface area contributed by atoms with Crippen LogP contribution in [0.5, 0.6) is 0 Å². The predicted molar refractivity (Wildman–Crippen MR) is 121 cm³/mol. The van der Waals surface area contributed by atoms with Gasteiger partial charge in [-0.2, -0.15) is 5.10 Å². The first-order valence-corrected chi connectivity index (χ1v) is 11.2. The van der Waals surface area contributed by atoms with E-state index in [2.05, 4.69) is 23.3 Å². The number of carbonyl (C=O) groups is 1. The second-order valence-electron chi connectivity index (χ2n) is 7.88. The summed E-state index contributed by atoms with van der Waals surface area (Å²) in [4.78, 5) is 20.1. The van der Waals surface area contributed by atoms with Crippen molar-refractivity contribution < 1.29 is 4.79 Å². The number of aryl methyl sites for hydroxylation is 1. The van der Waals surface area contributed by atoms with Crippen LogP contribution in [-0.2, 0) is 0 Å². The first-order valence-electron chi connectivity index (χ1n) is 10.4. The van der Waals surface area contributed by atoms with Gasteiger partial charge in [-0.25, -0.2) is 9.67 Å². The van der Waals surface area contributed by atoms with E-state index in [0.717, 1.165) is 54.1 Å². The van der Waals surface area contributed by atoms with E-state index in [-0.39, 0.29) is 5.91 Å². The van der Waals surface area contributed by atoms with Crippen LogP contribution in [0.4, 0.5) is 0 Å². The monoisotopic (exact) mass is 416 g/mol. The van der Waals surface area contributed by atoms with E-state index in [1.54, 1.807) is 11.3 Å². The van der Waals surface area contributed by atoms with Gasteiger partial charge in [-0.15, -0.1) is 11.3 Å². The molecule has 0 N–H and O–H groups in total. The fraction of sp³-hybridized carbons (Fsp3) is 0.292. The van der Waals surface area contributed by atoms with Crippen LogP contribution in [0.25, 0.3) is 15.9 Å². The molecule has 0 spiro atoms. The maximum Gasteiger partial charge on any atom is 0.257 e. The fourth-order valence-electron chi connectivity index (χ4n) is 4.33. The lowest BCUT2D eigenvalue weighted by atomic mass is 9.97. The number of likely N-dealkylation sites (tertiary alicyclic amines) is 1. The van der Waals surface area contributed by atoms with Crippen LogP contribution in [0.2, 0.25) is 0 Å². The largest absolute Gasteiger partial charge is 0.338 e. The highest BCUT2D eigenvalue weighted by molar-refractivity contribution is 7.18. The van der Waals surface area contributed by atoms with Crippen molar-refractivity contribution in [2.24, 2.45) is 0 Å². The van der Waals surface area contributed by atoms with Crippen LogP contribution < -0.4 is 0 Å². The van der Waals surface area contributed by atoms with E-state index in [9.17, 15) is 4.79 Å². The minimum Gasteiger partial charge on any atom is -0.338 e. The maximum atomic E-state index is 13.3. The molecular formula is C24H24N4OS. The third-order valence-corrected chi connectivity index (χ3v) is 7.15. The second-order valence-corrected chi connectivity index (χ2v) is 8.94. The van der Waals surface area contributed by atoms with E-state index in [4.69, 9.17) is 4.98 Å². The predicted octanol–water partition coefficient (Wildman–Crippen LogP) is 5.12. The zero-order valence-corrected chi connectivity index (χ0v) is 18.0. The number of hydrogen-bond donors (Lipinski definition) is 0. The van der Waals surface area contributed by atoms with Crippen LogP contribution in [0.1, 0.15) is 45.5 Å². The summed E-state index contributed by atoms with van der Waals surface area (Å²) in [6, 6.07) is 18.3. The van der Waals surface area contributed by atoms with Crippen LogP contribution >= 0.6 is 11.3 Å². The maximum absolute atomic E-state index is 13.3. The summed E-state index contributed by atoms with van der Waals surface area (Å²) in [5.74, 6) is 0.524. The number of nitrogens with zero attached hydrogens (tertiary/aromatic N) is 4. The summed E-state index contributed by atoms with van der Waals surface area (Å²) >= 11 is 1.79. The van der Waals surface area contributed by atoms with Crippen molar-refractivity contribution in [3.63, 3.8) is 0 Å². The Morgan fingerprint density at radius 3 is 2.43 bits per heavy atom. The van der Waals surface area contributed by atoms with Gasteiger partial charge in [-0.05, 0) is 51.0 Å². The van der Waals surface area contributed by atoms with Crippen LogP contribution in [0, 0.1) is 13.8 Å². The molecule has 0 aliphatic carbocycles. The van der Waals surface area contributed by atoms with E-state index in [0.29, 0.717) is 5.92 Å². The number of amides is 1. The number of piperidine rings is 1. The van der Waals surface area contributed by atoms with Gasteiger partial charge in [0.2, 0.25) is 0 Å². The zero-order chi connectivity index (χ0) is 20.7. The van der Waals surface area contributed by atoms with E-state index >= 15 is 0 Å². The van der Waals surface area contributed by atoms with Crippen LogP contribution in [0.3, 0.4) is 0 Å². The summed E-state index contributed by atoms with van der Waals surface area (Å²) < 4.78 is 3.11. The molecule has 0 saturated carbocycles.